The molecule has 140 valence electrons. The molecule has 2 bridgehead atoms. The Morgan fingerprint density at radius 3 is 2.88 bits per heavy atom. The second-order valence-corrected chi connectivity index (χ2v) is 7.34. The van der Waals surface area contributed by atoms with Crippen LogP contribution < -0.4 is 5.32 Å². The highest BCUT2D eigenvalue weighted by molar-refractivity contribution is 6.09. The van der Waals surface area contributed by atoms with Crippen molar-refractivity contribution in [2.24, 2.45) is 4.99 Å². The molecule has 0 aromatic carbocycles. The molecular weight excluding hydrogens is 326 g/mol. The number of aliphatic imine (C=N–C) groups is 1. The summed E-state index contributed by atoms with van der Waals surface area (Å²) >= 11 is 0. The molecule has 0 spiro atoms. The van der Waals surface area contributed by atoms with Crippen molar-refractivity contribution in [3.05, 3.63) is 47.4 Å². The summed E-state index contributed by atoms with van der Waals surface area (Å²) in [6.07, 6.45) is 12.7. The Bertz CT molecular complexity index is 698. The first kappa shape index (κ1) is 18.5. The fourth-order valence-corrected chi connectivity index (χ4v) is 3.48. The van der Waals surface area contributed by atoms with Crippen molar-refractivity contribution in [2.45, 2.75) is 58.4 Å². The van der Waals surface area contributed by atoms with Gasteiger partial charge in [0.2, 0.25) is 0 Å². The fraction of sp³-hybridized carbons (Fsp3) is 0.524. The van der Waals surface area contributed by atoms with Gasteiger partial charge in [0.15, 0.2) is 5.76 Å². The van der Waals surface area contributed by atoms with Gasteiger partial charge in [0.1, 0.15) is 0 Å². The SMILES string of the molecule is C=C1/C2=C\CC(/C=C3/OC(=NC(C)C)NC3=O)=C\CCCCN1CCC2. The van der Waals surface area contributed by atoms with Gasteiger partial charge in [-0.3, -0.25) is 10.1 Å². The van der Waals surface area contributed by atoms with Crippen molar-refractivity contribution >= 4 is 11.9 Å². The molecule has 0 saturated carbocycles. The van der Waals surface area contributed by atoms with E-state index in [1.54, 1.807) is 0 Å². The number of rotatable bonds is 2. The quantitative estimate of drug-likeness (QED) is 0.766. The van der Waals surface area contributed by atoms with Crippen LogP contribution in [0.15, 0.2) is 52.4 Å². The summed E-state index contributed by atoms with van der Waals surface area (Å²) in [5.74, 6) is 0.105. The average molecular weight is 355 g/mol. The van der Waals surface area contributed by atoms with Gasteiger partial charge < -0.3 is 9.64 Å². The molecule has 2 saturated heterocycles. The Morgan fingerprint density at radius 2 is 2.08 bits per heavy atom. The number of carbonyl (C=O) groups excluding carboxylic acids is 1. The van der Waals surface area contributed by atoms with Gasteiger partial charge in [-0.1, -0.05) is 18.7 Å². The average Bonchev–Trinajstić information content (AvgIpc) is 2.91. The van der Waals surface area contributed by atoms with Gasteiger partial charge in [-0.15, -0.1) is 0 Å². The fourth-order valence-electron chi connectivity index (χ4n) is 3.48. The molecule has 3 rings (SSSR count). The van der Waals surface area contributed by atoms with Gasteiger partial charge in [-0.2, -0.15) is 0 Å². The molecule has 5 heteroatoms. The molecular formula is C21H29N3O2. The van der Waals surface area contributed by atoms with Crippen LogP contribution in [-0.4, -0.2) is 36.0 Å². The largest absolute Gasteiger partial charge is 0.420 e. The first-order valence-electron chi connectivity index (χ1n) is 9.64. The molecule has 3 heterocycles. The molecule has 1 amide bonds. The predicted octanol–water partition coefficient (Wildman–Crippen LogP) is 3.82. The minimum atomic E-state index is -0.222. The van der Waals surface area contributed by atoms with Gasteiger partial charge in [0.05, 0.1) is 0 Å². The Hall–Kier alpha value is -2.30. The molecule has 0 unspecified atom stereocenters. The van der Waals surface area contributed by atoms with E-state index in [1.807, 2.05) is 19.9 Å². The number of amidine groups is 1. The van der Waals surface area contributed by atoms with Crippen LogP contribution in [0.5, 0.6) is 0 Å². The van der Waals surface area contributed by atoms with Gasteiger partial charge in [0, 0.05) is 24.8 Å². The number of nitrogens with zero attached hydrogens (tertiary/aromatic N) is 2. The van der Waals surface area contributed by atoms with Gasteiger partial charge in [0.25, 0.3) is 11.9 Å². The zero-order chi connectivity index (χ0) is 18.5. The van der Waals surface area contributed by atoms with Crippen molar-refractivity contribution in [3.8, 4) is 0 Å². The third-order valence-electron chi connectivity index (χ3n) is 4.84. The van der Waals surface area contributed by atoms with E-state index < -0.39 is 0 Å². The molecule has 5 nitrogen and oxygen atoms in total. The van der Waals surface area contributed by atoms with Crippen molar-refractivity contribution in [1.82, 2.24) is 10.2 Å². The van der Waals surface area contributed by atoms with Crippen molar-refractivity contribution < 1.29 is 9.53 Å². The minimum Gasteiger partial charge on any atom is -0.420 e. The third-order valence-corrected chi connectivity index (χ3v) is 4.84. The van der Waals surface area contributed by atoms with E-state index in [9.17, 15) is 4.79 Å². The lowest BCUT2D eigenvalue weighted by Crippen LogP contribution is -2.29. The van der Waals surface area contributed by atoms with E-state index in [4.69, 9.17) is 4.74 Å². The molecule has 0 atom stereocenters. The summed E-state index contributed by atoms with van der Waals surface area (Å²) < 4.78 is 5.61. The maximum atomic E-state index is 12.1. The molecule has 0 aromatic heterocycles. The number of amides is 1. The number of carbonyl (C=O) groups is 1. The Labute approximate surface area is 156 Å². The summed E-state index contributed by atoms with van der Waals surface area (Å²) in [7, 11) is 0. The Kier molecular flexibility index (Phi) is 5.96. The summed E-state index contributed by atoms with van der Waals surface area (Å²) in [5, 5.41) is 2.68. The molecule has 2 fully saturated rings. The molecule has 1 N–H and O–H groups in total. The minimum absolute atomic E-state index is 0.0752. The number of ether oxygens (including phenoxy) is 1. The summed E-state index contributed by atoms with van der Waals surface area (Å²) in [4.78, 5) is 18.8. The van der Waals surface area contributed by atoms with Crippen LogP contribution in [0.4, 0.5) is 0 Å². The van der Waals surface area contributed by atoms with E-state index in [0.717, 1.165) is 50.8 Å². The van der Waals surface area contributed by atoms with E-state index in [2.05, 4.69) is 33.9 Å². The topological polar surface area (TPSA) is 53.9 Å². The van der Waals surface area contributed by atoms with Crippen LogP contribution in [0.1, 0.15) is 52.4 Å². The maximum Gasteiger partial charge on any atom is 0.297 e. The number of hydrogen-bond acceptors (Lipinski definition) is 4. The van der Waals surface area contributed by atoms with Crippen LogP contribution in [0.2, 0.25) is 0 Å². The Balaban J connectivity index is 1.79. The molecule has 0 aliphatic carbocycles. The molecule has 0 radical (unpaired) electrons. The smallest absolute Gasteiger partial charge is 0.297 e. The summed E-state index contributed by atoms with van der Waals surface area (Å²) in [5.41, 5.74) is 3.62. The van der Waals surface area contributed by atoms with Gasteiger partial charge in [-0.05, 0) is 69.6 Å². The third kappa shape index (κ3) is 4.65. The first-order valence-corrected chi connectivity index (χ1v) is 9.64. The van der Waals surface area contributed by atoms with E-state index >= 15 is 0 Å². The highest BCUT2D eigenvalue weighted by Crippen LogP contribution is 2.28. The zero-order valence-corrected chi connectivity index (χ0v) is 15.9. The number of piperidine rings is 1. The highest BCUT2D eigenvalue weighted by Gasteiger charge is 2.25. The number of hydrogen-bond donors (Lipinski definition) is 1. The van der Waals surface area contributed by atoms with Crippen LogP contribution >= 0.6 is 0 Å². The lowest BCUT2D eigenvalue weighted by atomic mass is 9.98. The monoisotopic (exact) mass is 355 g/mol. The predicted molar refractivity (Wildman–Crippen MR) is 104 cm³/mol. The van der Waals surface area contributed by atoms with Gasteiger partial charge >= 0.3 is 0 Å². The van der Waals surface area contributed by atoms with Crippen LogP contribution in [0.25, 0.3) is 0 Å². The highest BCUT2D eigenvalue weighted by atomic mass is 16.5. The lowest BCUT2D eigenvalue weighted by molar-refractivity contribution is -0.116. The van der Waals surface area contributed by atoms with E-state index in [-0.39, 0.29) is 11.9 Å². The number of fused-ring (bicyclic) bond motifs is 2. The standard InChI is InChI=1S/C21H29N3O2/c1-15(2)22-21-23-20(25)19(26-21)14-17-8-5-4-6-12-24-13-7-9-18(11-10-17)16(24)3/h8,11,14-15H,3-7,9-10,12-13H2,1-2H3,(H,22,23,25)/b17-8+,18-11-,19-14+. The van der Waals surface area contributed by atoms with Gasteiger partial charge in [-0.25, -0.2) is 4.99 Å². The lowest BCUT2D eigenvalue weighted by Gasteiger charge is -2.33. The maximum absolute atomic E-state index is 12.1. The van der Waals surface area contributed by atoms with Crippen LogP contribution in [0.3, 0.4) is 0 Å². The van der Waals surface area contributed by atoms with Crippen LogP contribution in [0, 0.1) is 0 Å². The van der Waals surface area contributed by atoms with Crippen molar-refractivity contribution in [2.75, 3.05) is 13.1 Å². The summed E-state index contributed by atoms with van der Waals surface area (Å²) in [6.45, 7) is 10.4. The molecule has 3 aliphatic heterocycles. The normalized spacial score (nSPS) is 29.0. The molecule has 3 aliphatic rings. The van der Waals surface area contributed by atoms with Crippen molar-refractivity contribution in [1.29, 1.82) is 0 Å². The summed E-state index contributed by atoms with van der Waals surface area (Å²) in [6, 6.07) is 0.370. The van der Waals surface area contributed by atoms with E-state index in [1.165, 1.54) is 17.7 Å². The van der Waals surface area contributed by atoms with Crippen LogP contribution in [-0.2, 0) is 9.53 Å². The second kappa shape index (κ2) is 8.39. The number of nitrogens with one attached hydrogen (secondary N) is 1. The van der Waals surface area contributed by atoms with E-state index in [0.29, 0.717) is 11.8 Å². The van der Waals surface area contributed by atoms with Crippen molar-refractivity contribution in [3.63, 3.8) is 0 Å². The Morgan fingerprint density at radius 1 is 1.27 bits per heavy atom. The zero-order valence-electron chi connectivity index (χ0n) is 15.9. The molecule has 26 heavy (non-hydrogen) atoms. The molecule has 0 aromatic rings. The first-order chi connectivity index (χ1) is 12.5. The second-order valence-electron chi connectivity index (χ2n) is 7.34. The number of allylic oxidation sites excluding steroid dienone is 5.